The number of methoxy groups -OCH3 is 3. The maximum absolute atomic E-state index is 5.65. The lowest BCUT2D eigenvalue weighted by Gasteiger charge is -2.54. The van der Waals surface area contributed by atoms with Gasteiger partial charge in [0.2, 0.25) is 0 Å². The van der Waals surface area contributed by atoms with Gasteiger partial charge in [-0.05, 0) is 71.3 Å². The van der Waals surface area contributed by atoms with Crippen LogP contribution in [0.3, 0.4) is 0 Å². The lowest BCUT2D eigenvalue weighted by molar-refractivity contribution is 0.414. The van der Waals surface area contributed by atoms with Crippen molar-refractivity contribution in [3.63, 3.8) is 0 Å². The molecule has 6 heterocycles. The van der Waals surface area contributed by atoms with E-state index in [-0.39, 0.29) is 0 Å². The van der Waals surface area contributed by atoms with Gasteiger partial charge in [-0.2, -0.15) is 0 Å². The van der Waals surface area contributed by atoms with Gasteiger partial charge in [-0.3, -0.25) is 0 Å². The molecule has 0 aliphatic carbocycles. The van der Waals surface area contributed by atoms with Crippen molar-refractivity contribution in [2.75, 3.05) is 70.7 Å². The summed E-state index contributed by atoms with van der Waals surface area (Å²) in [6, 6.07) is 19.7. The second-order valence-corrected chi connectivity index (χ2v) is 13.1. The number of fused-ring (bicyclic) bond motifs is 21. The maximum Gasteiger partial charge on any atom is 0.119 e. The Bertz CT molecular complexity index is 1690. The van der Waals surface area contributed by atoms with E-state index in [1.807, 2.05) is 0 Å². The SMILES string of the molecule is COc1ccc2c(c1)CN1CN2Cc2c1c1c(c3c2N2Cc4cc(OC)ccc4N(C3)C2)N2Cc3cc(OC)ccc3N(C1)C2. The zero-order valence-corrected chi connectivity index (χ0v) is 26.0. The van der Waals surface area contributed by atoms with E-state index in [0.29, 0.717) is 0 Å². The van der Waals surface area contributed by atoms with Crippen LogP contribution in [0.25, 0.3) is 0 Å². The van der Waals surface area contributed by atoms with E-state index in [4.69, 9.17) is 14.2 Å². The van der Waals surface area contributed by atoms with Crippen LogP contribution >= 0.6 is 0 Å². The Kier molecular flexibility index (Phi) is 5.12. The summed E-state index contributed by atoms with van der Waals surface area (Å²) in [7, 11) is 5.28. The standard InChI is InChI=1S/C36H36N6O3/c1-43-25-4-7-31-22(10-25)13-40-19-37(31)16-28-34(40)29-17-38-20-42(15-24-12-26(44-2)5-8-32(24)38)36(29)30-18-39-21-41(35(28)30)14-23-11-27(45-3)6-9-33(23)39/h4-12H,13-21H2,1-3H3. The lowest BCUT2D eigenvalue weighted by atomic mass is 9.86. The Morgan fingerprint density at radius 2 is 0.711 bits per heavy atom. The van der Waals surface area contributed by atoms with Crippen molar-refractivity contribution in [1.29, 1.82) is 0 Å². The summed E-state index contributed by atoms with van der Waals surface area (Å²) >= 11 is 0. The Morgan fingerprint density at radius 1 is 0.400 bits per heavy atom. The molecule has 0 N–H and O–H groups in total. The summed E-state index contributed by atoms with van der Waals surface area (Å²) in [6.07, 6.45) is 0. The number of nitrogens with zero attached hydrogens (tertiary/aromatic N) is 6. The minimum Gasteiger partial charge on any atom is -0.497 e. The fourth-order valence-electron chi connectivity index (χ4n) is 8.89. The molecule has 0 radical (unpaired) electrons. The third-order valence-corrected chi connectivity index (χ3v) is 10.7. The van der Waals surface area contributed by atoms with Crippen LogP contribution in [0, 0.1) is 0 Å². The van der Waals surface area contributed by atoms with E-state index in [0.717, 1.165) is 76.5 Å². The van der Waals surface area contributed by atoms with Crippen LogP contribution in [0.15, 0.2) is 54.6 Å². The highest BCUT2D eigenvalue weighted by Gasteiger charge is 2.44. The van der Waals surface area contributed by atoms with Crippen LogP contribution in [0.1, 0.15) is 33.4 Å². The zero-order chi connectivity index (χ0) is 30.0. The Morgan fingerprint density at radius 3 is 1.00 bits per heavy atom. The first-order valence-corrected chi connectivity index (χ1v) is 15.8. The summed E-state index contributed by atoms with van der Waals surface area (Å²) in [5, 5.41) is 0. The molecular weight excluding hydrogens is 564 g/mol. The highest BCUT2D eigenvalue weighted by molar-refractivity contribution is 5.91. The molecule has 0 fully saturated rings. The predicted octanol–water partition coefficient (Wildman–Crippen LogP) is 5.61. The summed E-state index contributed by atoms with van der Waals surface area (Å²) in [6.45, 7) is 8.03. The molecule has 0 aromatic heterocycles. The van der Waals surface area contributed by atoms with Crippen LogP contribution in [-0.4, -0.2) is 41.3 Å². The predicted molar refractivity (Wildman–Crippen MR) is 177 cm³/mol. The summed E-state index contributed by atoms with van der Waals surface area (Å²) in [5.41, 5.74) is 16.7. The Hall–Kier alpha value is -4.92. The summed E-state index contributed by atoms with van der Waals surface area (Å²) in [4.78, 5) is 15.6. The summed E-state index contributed by atoms with van der Waals surface area (Å²) in [5.74, 6) is 2.76. The van der Waals surface area contributed by atoms with Gasteiger partial charge in [0.25, 0.3) is 0 Å². The molecule has 0 unspecified atom stereocenters. The fourth-order valence-corrected chi connectivity index (χ4v) is 8.89. The third kappa shape index (κ3) is 3.49. The number of anilines is 6. The Balaban J connectivity index is 1.17. The average molecular weight is 601 g/mol. The molecule has 9 heteroatoms. The number of hydrogen-bond donors (Lipinski definition) is 0. The highest BCUT2D eigenvalue weighted by Crippen LogP contribution is 2.55. The molecule has 0 saturated carbocycles. The van der Waals surface area contributed by atoms with Gasteiger partial charge in [-0.15, -0.1) is 0 Å². The molecule has 0 atom stereocenters. The quantitative estimate of drug-likeness (QED) is 0.299. The molecule has 6 aliphatic rings. The van der Waals surface area contributed by atoms with E-state index in [9.17, 15) is 0 Å². The second kappa shape index (κ2) is 9.06. The first-order chi connectivity index (χ1) is 22.1. The van der Waals surface area contributed by atoms with Crippen LogP contribution in [0.4, 0.5) is 34.1 Å². The van der Waals surface area contributed by atoms with Crippen molar-refractivity contribution in [3.05, 3.63) is 88.0 Å². The molecule has 4 aromatic rings. The van der Waals surface area contributed by atoms with Gasteiger partial charge >= 0.3 is 0 Å². The van der Waals surface area contributed by atoms with E-state index in [2.05, 4.69) is 84.0 Å². The first kappa shape index (κ1) is 25.4. The van der Waals surface area contributed by atoms with Crippen LogP contribution in [0.5, 0.6) is 17.2 Å². The lowest BCUT2D eigenvalue weighted by Crippen LogP contribution is -2.53. The van der Waals surface area contributed by atoms with Crippen molar-refractivity contribution in [2.24, 2.45) is 0 Å². The van der Waals surface area contributed by atoms with Gasteiger partial charge in [-0.25, -0.2) is 0 Å². The zero-order valence-electron chi connectivity index (χ0n) is 26.0. The number of hydrogen-bond acceptors (Lipinski definition) is 9. The van der Waals surface area contributed by atoms with Gasteiger partial charge in [0, 0.05) is 73.0 Å². The van der Waals surface area contributed by atoms with E-state index in [1.165, 1.54) is 67.5 Å². The van der Waals surface area contributed by atoms with Gasteiger partial charge in [-0.1, -0.05) is 0 Å². The van der Waals surface area contributed by atoms with Crippen molar-refractivity contribution in [2.45, 2.75) is 39.3 Å². The van der Waals surface area contributed by atoms with Gasteiger partial charge in [0.05, 0.1) is 58.4 Å². The average Bonchev–Trinajstić information content (AvgIpc) is 3.07. The van der Waals surface area contributed by atoms with Crippen LogP contribution in [-0.2, 0) is 39.3 Å². The van der Waals surface area contributed by atoms with Crippen molar-refractivity contribution in [3.8, 4) is 17.2 Å². The number of ether oxygens (including phenoxy) is 3. The minimum absolute atomic E-state index is 0.876. The molecule has 6 aliphatic heterocycles. The molecule has 9 nitrogen and oxygen atoms in total. The molecule has 0 amide bonds. The monoisotopic (exact) mass is 600 g/mol. The second-order valence-electron chi connectivity index (χ2n) is 13.1. The third-order valence-electron chi connectivity index (χ3n) is 10.7. The fraction of sp³-hybridized carbons (Fsp3) is 0.333. The van der Waals surface area contributed by atoms with Crippen molar-refractivity contribution in [1.82, 2.24) is 0 Å². The summed E-state index contributed by atoms with van der Waals surface area (Å²) < 4.78 is 16.9. The molecule has 0 saturated heterocycles. The van der Waals surface area contributed by atoms with Crippen LogP contribution in [0.2, 0.25) is 0 Å². The normalized spacial score (nSPS) is 17.9. The largest absolute Gasteiger partial charge is 0.497 e. The van der Waals surface area contributed by atoms with Crippen molar-refractivity contribution >= 4 is 34.1 Å². The molecular formula is C36H36N6O3. The van der Waals surface area contributed by atoms with Gasteiger partial charge in [0.15, 0.2) is 0 Å². The highest BCUT2D eigenvalue weighted by atomic mass is 16.5. The first-order valence-electron chi connectivity index (χ1n) is 15.8. The molecule has 6 bridgehead atoms. The van der Waals surface area contributed by atoms with E-state index < -0.39 is 0 Å². The van der Waals surface area contributed by atoms with E-state index in [1.54, 1.807) is 21.3 Å². The maximum atomic E-state index is 5.65. The number of rotatable bonds is 3. The van der Waals surface area contributed by atoms with Crippen molar-refractivity contribution < 1.29 is 14.2 Å². The molecule has 10 rings (SSSR count). The smallest absolute Gasteiger partial charge is 0.119 e. The molecule has 45 heavy (non-hydrogen) atoms. The molecule has 0 spiro atoms. The van der Waals surface area contributed by atoms with Gasteiger partial charge in [0.1, 0.15) is 17.2 Å². The van der Waals surface area contributed by atoms with Gasteiger partial charge < -0.3 is 43.6 Å². The Labute approximate surface area is 263 Å². The molecule has 4 aromatic carbocycles. The topological polar surface area (TPSA) is 47.1 Å². The minimum atomic E-state index is 0.876. The van der Waals surface area contributed by atoms with Crippen LogP contribution < -0.4 is 43.6 Å². The molecule has 228 valence electrons. The van der Waals surface area contributed by atoms with E-state index >= 15 is 0 Å². The number of benzene rings is 4.